The zero-order valence-corrected chi connectivity index (χ0v) is 10.9. The Hall–Kier alpha value is -1.93. The molecule has 2 rings (SSSR count). The van der Waals surface area contributed by atoms with Crippen LogP contribution in [0.3, 0.4) is 0 Å². The molecule has 0 unspecified atom stereocenters. The van der Waals surface area contributed by atoms with Crippen molar-refractivity contribution in [3.8, 4) is 0 Å². The highest BCUT2D eigenvalue weighted by atomic mass is 16.5. The molecule has 0 bridgehead atoms. The third-order valence-electron chi connectivity index (χ3n) is 3.43. The van der Waals surface area contributed by atoms with Gasteiger partial charge in [-0.15, -0.1) is 0 Å². The highest BCUT2D eigenvalue weighted by molar-refractivity contribution is 5.67. The van der Waals surface area contributed by atoms with Crippen LogP contribution in [0, 0.1) is 12.8 Å². The molecule has 110 valence electrons. The summed E-state index contributed by atoms with van der Waals surface area (Å²) in [5.41, 5.74) is -0.723. The maximum atomic E-state index is 11.8. The van der Waals surface area contributed by atoms with Crippen molar-refractivity contribution in [3.63, 3.8) is 0 Å². The summed E-state index contributed by atoms with van der Waals surface area (Å²) in [7, 11) is 0. The Morgan fingerprint density at radius 2 is 2.25 bits per heavy atom. The summed E-state index contributed by atoms with van der Waals surface area (Å²) in [5.74, 6) is -1.36. The monoisotopic (exact) mass is 284 g/mol. The van der Waals surface area contributed by atoms with Gasteiger partial charge in [0.1, 0.15) is 6.23 Å². The first kappa shape index (κ1) is 14.5. The van der Waals surface area contributed by atoms with Crippen molar-refractivity contribution in [2.75, 3.05) is 6.61 Å². The number of aliphatic carboxylic acids is 1. The Kier molecular flexibility index (Phi) is 4.05. The van der Waals surface area contributed by atoms with Gasteiger partial charge in [-0.25, -0.2) is 4.79 Å². The molecule has 1 aromatic heterocycles. The number of aromatic amines is 1. The molecule has 20 heavy (non-hydrogen) atoms. The van der Waals surface area contributed by atoms with E-state index in [9.17, 15) is 19.5 Å². The predicted molar refractivity (Wildman–Crippen MR) is 67.4 cm³/mol. The molecule has 3 N–H and O–H groups in total. The second-order valence-corrected chi connectivity index (χ2v) is 4.88. The van der Waals surface area contributed by atoms with E-state index in [4.69, 9.17) is 9.84 Å². The van der Waals surface area contributed by atoms with E-state index in [0.29, 0.717) is 12.0 Å². The van der Waals surface area contributed by atoms with Crippen molar-refractivity contribution in [2.24, 2.45) is 5.92 Å². The SMILES string of the molecule is Cc1cn([C@H]2C[C@H](CC(=O)O)[C@@H](CO)O2)c(=O)[nH]c1=O. The van der Waals surface area contributed by atoms with E-state index in [2.05, 4.69) is 4.98 Å². The van der Waals surface area contributed by atoms with Crippen LogP contribution >= 0.6 is 0 Å². The largest absolute Gasteiger partial charge is 0.481 e. The standard InChI is InChI=1S/C12H16N2O6/c1-6-4-14(12(19)13-11(6)18)9-2-7(3-10(16)17)8(5-15)20-9/h4,7-9,15H,2-3,5H2,1H3,(H,16,17)(H,13,18,19)/t7-,8-,9-/m1/s1. The maximum absolute atomic E-state index is 11.8. The lowest BCUT2D eigenvalue weighted by Crippen LogP contribution is -2.33. The summed E-state index contributed by atoms with van der Waals surface area (Å²) in [6, 6.07) is 0. The smallest absolute Gasteiger partial charge is 0.330 e. The third-order valence-corrected chi connectivity index (χ3v) is 3.43. The minimum absolute atomic E-state index is 0.140. The molecule has 1 aromatic rings. The van der Waals surface area contributed by atoms with Gasteiger partial charge in [0, 0.05) is 17.7 Å². The van der Waals surface area contributed by atoms with Crippen molar-refractivity contribution < 1.29 is 19.7 Å². The molecule has 0 spiro atoms. The Bertz CT molecular complexity index is 619. The number of aryl methyl sites for hydroxylation is 1. The number of H-pyrrole nitrogens is 1. The van der Waals surface area contributed by atoms with E-state index in [1.54, 1.807) is 6.92 Å². The summed E-state index contributed by atoms with van der Waals surface area (Å²) in [4.78, 5) is 36.0. The number of hydrogen-bond acceptors (Lipinski definition) is 5. The number of ether oxygens (including phenoxy) is 1. The van der Waals surface area contributed by atoms with Gasteiger partial charge in [-0.1, -0.05) is 0 Å². The highest BCUT2D eigenvalue weighted by Gasteiger charge is 2.37. The first-order chi connectivity index (χ1) is 9.42. The number of rotatable bonds is 4. The zero-order chi connectivity index (χ0) is 14.9. The third kappa shape index (κ3) is 2.81. The van der Waals surface area contributed by atoms with Crippen LogP contribution in [-0.2, 0) is 9.53 Å². The van der Waals surface area contributed by atoms with Crippen LogP contribution in [0.15, 0.2) is 15.8 Å². The van der Waals surface area contributed by atoms with E-state index < -0.39 is 29.6 Å². The zero-order valence-electron chi connectivity index (χ0n) is 10.9. The number of carboxylic acid groups (broad SMARTS) is 1. The molecule has 2 heterocycles. The molecule has 0 radical (unpaired) electrons. The molecule has 1 saturated heterocycles. The normalized spacial score (nSPS) is 25.8. The molecule has 1 aliphatic rings. The molecule has 0 amide bonds. The van der Waals surface area contributed by atoms with Gasteiger partial charge in [-0.2, -0.15) is 0 Å². The number of aliphatic hydroxyl groups is 1. The Morgan fingerprint density at radius 1 is 1.55 bits per heavy atom. The van der Waals surface area contributed by atoms with Crippen molar-refractivity contribution in [3.05, 3.63) is 32.6 Å². The predicted octanol–water partition coefficient (Wildman–Crippen LogP) is -0.784. The molecule has 0 aromatic carbocycles. The van der Waals surface area contributed by atoms with Crippen LogP contribution in [0.5, 0.6) is 0 Å². The van der Waals surface area contributed by atoms with Crippen LogP contribution in [0.4, 0.5) is 0 Å². The van der Waals surface area contributed by atoms with Gasteiger partial charge < -0.3 is 14.9 Å². The molecule has 3 atom stereocenters. The van der Waals surface area contributed by atoms with Gasteiger partial charge >= 0.3 is 11.7 Å². The van der Waals surface area contributed by atoms with Crippen LogP contribution < -0.4 is 11.2 Å². The summed E-state index contributed by atoms with van der Waals surface area (Å²) >= 11 is 0. The number of carboxylic acids is 1. The number of carbonyl (C=O) groups is 1. The lowest BCUT2D eigenvalue weighted by Gasteiger charge is -2.15. The van der Waals surface area contributed by atoms with E-state index >= 15 is 0 Å². The molecule has 0 saturated carbocycles. The minimum atomic E-state index is -0.984. The fraction of sp³-hybridized carbons (Fsp3) is 0.583. The van der Waals surface area contributed by atoms with Crippen LogP contribution in [-0.4, -0.2) is 38.4 Å². The quantitative estimate of drug-likeness (QED) is 0.666. The molecule has 8 nitrogen and oxygen atoms in total. The van der Waals surface area contributed by atoms with Crippen molar-refractivity contribution in [1.82, 2.24) is 9.55 Å². The fourth-order valence-electron chi connectivity index (χ4n) is 2.39. The second-order valence-electron chi connectivity index (χ2n) is 4.88. The maximum Gasteiger partial charge on any atom is 0.330 e. The number of nitrogens with zero attached hydrogens (tertiary/aromatic N) is 1. The van der Waals surface area contributed by atoms with Crippen molar-refractivity contribution >= 4 is 5.97 Å². The number of aromatic nitrogens is 2. The van der Waals surface area contributed by atoms with Crippen LogP contribution in [0.1, 0.15) is 24.6 Å². The topological polar surface area (TPSA) is 122 Å². The van der Waals surface area contributed by atoms with E-state index in [0.717, 1.165) is 0 Å². The highest BCUT2D eigenvalue weighted by Crippen LogP contribution is 2.34. The first-order valence-corrected chi connectivity index (χ1v) is 6.22. The second kappa shape index (κ2) is 5.59. The van der Waals surface area contributed by atoms with Crippen LogP contribution in [0.25, 0.3) is 0 Å². The lowest BCUT2D eigenvalue weighted by atomic mass is 9.97. The molecule has 0 aliphatic carbocycles. The summed E-state index contributed by atoms with van der Waals surface area (Å²) in [5, 5.41) is 18.0. The Labute approximate surface area is 113 Å². The van der Waals surface area contributed by atoms with Gasteiger partial charge in [0.15, 0.2) is 0 Å². The molecular formula is C12H16N2O6. The Morgan fingerprint density at radius 3 is 2.85 bits per heavy atom. The van der Waals surface area contributed by atoms with E-state index in [1.807, 2.05) is 0 Å². The Balaban J connectivity index is 2.27. The lowest BCUT2D eigenvalue weighted by molar-refractivity contribution is -0.138. The van der Waals surface area contributed by atoms with Crippen molar-refractivity contribution in [1.29, 1.82) is 0 Å². The van der Waals surface area contributed by atoms with E-state index in [-0.39, 0.29) is 18.9 Å². The van der Waals surface area contributed by atoms with Gasteiger partial charge in [-0.05, 0) is 13.3 Å². The molecule has 8 heteroatoms. The summed E-state index contributed by atoms with van der Waals surface area (Å²) in [6.45, 7) is 1.24. The number of hydrogen-bond donors (Lipinski definition) is 3. The van der Waals surface area contributed by atoms with Gasteiger partial charge in [0.2, 0.25) is 0 Å². The molecule has 1 aliphatic heterocycles. The molecule has 1 fully saturated rings. The van der Waals surface area contributed by atoms with Gasteiger partial charge in [-0.3, -0.25) is 19.1 Å². The average Bonchev–Trinajstić information content (AvgIpc) is 2.75. The summed E-state index contributed by atoms with van der Waals surface area (Å²) < 4.78 is 6.74. The average molecular weight is 284 g/mol. The minimum Gasteiger partial charge on any atom is -0.481 e. The number of nitrogens with one attached hydrogen (secondary N) is 1. The van der Waals surface area contributed by atoms with Crippen molar-refractivity contribution in [2.45, 2.75) is 32.1 Å². The van der Waals surface area contributed by atoms with Crippen LogP contribution in [0.2, 0.25) is 0 Å². The van der Waals surface area contributed by atoms with E-state index in [1.165, 1.54) is 10.8 Å². The number of aliphatic hydroxyl groups excluding tert-OH is 1. The first-order valence-electron chi connectivity index (χ1n) is 6.22. The molecular weight excluding hydrogens is 268 g/mol. The summed E-state index contributed by atoms with van der Waals surface area (Å²) in [6.07, 6.45) is 0.222. The fourth-order valence-corrected chi connectivity index (χ4v) is 2.39. The van der Waals surface area contributed by atoms with Gasteiger partial charge in [0.05, 0.1) is 19.1 Å². The van der Waals surface area contributed by atoms with Gasteiger partial charge in [0.25, 0.3) is 5.56 Å².